The van der Waals surface area contributed by atoms with E-state index in [0.29, 0.717) is 0 Å². The molecule has 2 rings (SSSR count). The highest BCUT2D eigenvalue weighted by molar-refractivity contribution is 4.80. The normalized spacial score (nSPS) is 27.9. The van der Waals surface area contributed by atoms with Crippen LogP contribution in [0.5, 0.6) is 0 Å². The Kier molecular flexibility index (Phi) is 7.53. The van der Waals surface area contributed by atoms with Crippen LogP contribution in [0.4, 0.5) is 0 Å². The molecule has 0 amide bonds. The summed E-state index contributed by atoms with van der Waals surface area (Å²) in [6.07, 6.45) is 12.8. The summed E-state index contributed by atoms with van der Waals surface area (Å²) in [7, 11) is 0. The van der Waals surface area contributed by atoms with Crippen LogP contribution >= 0.6 is 0 Å². The fraction of sp³-hybridized carbons (Fsp3) is 1.00. The molecule has 2 nitrogen and oxygen atoms in total. The molecule has 0 spiro atoms. The van der Waals surface area contributed by atoms with Crippen molar-refractivity contribution in [2.75, 3.05) is 19.6 Å². The van der Waals surface area contributed by atoms with Crippen LogP contribution in [0.2, 0.25) is 0 Å². The van der Waals surface area contributed by atoms with Gasteiger partial charge in [-0.1, -0.05) is 46.5 Å². The Morgan fingerprint density at radius 2 is 1.76 bits per heavy atom. The lowest BCUT2D eigenvalue weighted by molar-refractivity contribution is 0.182. The molecule has 0 aromatic carbocycles. The maximum atomic E-state index is 3.85. The average Bonchev–Trinajstić information content (AvgIpc) is 2.96. The molecule has 2 aliphatic rings. The Balaban J connectivity index is 1.70. The number of hydrogen-bond donors (Lipinski definition) is 1. The van der Waals surface area contributed by atoms with Gasteiger partial charge in [-0.3, -0.25) is 4.90 Å². The first kappa shape index (κ1) is 17.3. The maximum Gasteiger partial charge on any atom is 0.0110 e. The van der Waals surface area contributed by atoms with Gasteiger partial charge in [0.05, 0.1) is 0 Å². The Labute approximate surface area is 133 Å². The summed E-state index contributed by atoms with van der Waals surface area (Å²) in [4.78, 5) is 2.80. The number of nitrogens with zero attached hydrogens (tertiary/aromatic N) is 1. The van der Waals surface area contributed by atoms with Gasteiger partial charge < -0.3 is 5.32 Å². The minimum absolute atomic E-state index is 0.796. The zero-order chi connectivity index (χ0) is 15.1. The molecule has 2 atom stereocenters. The van der Waals surface area contributed by atoms with Gasteiger partial charge in [-0.15, -0.1) is 0 Å². The van der Waals surface area contributed by atoms with E-state index in [1.165, 1.54) is 77.4 Å². The van der Waals surface area contributed by atoms with E-state index in [1.807, 2.05) is 0 Å². The molecule has 0 heterocycles. The van der Waals surface area contributed by atoms with E-state index in [1.54, 1.807) is 0 Å². The molecule has 1 N–H and O–H groups in total. The molecule has 21 heavy (non-hydrogen) atoms. The summed E-state index contributed by atoms with van der Waals surface area (Å²) in [6.45, 7) is 10.9. The minimum atomic E-state index is 0.796. The fourth-order valence-corrected chi connectivity index (χ4v) is 4.20. The first-order valence-electron chi connectivity index (χ1n) is 9.62. The third-order valence-corrected chi connectivity index (χ3v) is 5.60. The van der Waals surface area contributed by atoms with Gasteiger partial charge in [-0.2, -0.15) is 0 Å². The summed E-state index contributed by atoms with van der Waals surface area (Å²) in [6, 6.07) is 1.68. The van der Waals surface area contributed by atoms with Crippen LogP contribution in [0.25, 0.3) is 0 Å². The van der Waals surface area contributed by atoms with Crippen molar-refractivity contribution in [1.82, 2.24) is 10.2 Å². The van der Waals surface area contributed by atoms with Crippen LogP contribution in [0, 0.1) is 11.8 Å². The van der Waals surface area contributed by atoms with Crippen molar-refractivity contribution in [1.29, 1.82) is 0 Å². The Morgan fingerprint density at radius 3 is 2.43 bits per heavy atom. The van der Waals surface area contributed by atoms with Crippen molar-refractivity contribution in [2.45, 2.75) is 90.6 Å². The molecule has 2 saturated carbocycles. The van der Waals surface area contributed by atoms with Crippen molar-refractivity contribution < 1.29 is 0 Å². The van der Waals surface area contributed by atoms with Gasteiger partial charge in [0, 0.05) is 25.2 Å². The number of hydrogen-bond acceptors (Lipinski definition) is 2. The SMILES string of the molecule is CC(C)CCN(CCNC1CCCC(C)C1)C1CCCC1. The second-order valence-corrected chi connectivity index (χ2v) is 8.08. The summed E-state index contributed by atoms with van der Waals surface area (Å²) >= 11 is 0. The summed E-state index contributed by atoms with van der Waals surface area (Å²) < 4.78 is 0. The summed E-state index contributed by atoms with van der Waals surface area (Å²) in [5.74, 6) is 1.77. The Bertz CT molecular complexity index is 271. The molecular formula is C19H38N2. The summed E-state index contributed by atoms with van der Waals surface area (Å²) in [5, 5.41) is 3.85. The van der Waals surface area contributed by atoms with Gasteiger partial charge >= 0.3 is 0 Å². The summed E-state index contributed by atoms with van der Waals surface area (Å²) in [5.41, 5.74) is 0. The molecule has 124 valence electrons. The number of nitrogens with one attached hydrogen (secondary N) is 1. The molecule has 0 bridgehead atoms. The Hall–Kier alpha value is -0.0800. The van der Waals surface area contributed by atoms with Gasteiger partial charge in [0.25, 0.3) is 0 Å². The van der Waals surface area contributed by atoms with E-state index in [0.717, 1.165) is 23.9 Å². The van der Waals surface area contributed by atoms with E-state index >= 15 is 0 Å². The highest BCUT2D eigenvalue weighted by Crippen LogP contribution is 2.25. The fourth-order valence-electron chi connectivity index (χ4n) is 4.20. The van der Waals surface area contributed by atoms with Crippen LogP contribution in [0.1, 0.15) is 78.6 Å². The van der Waals surface area contributed by atoms with Gasteiger partial charge in [-0.25, -0.2) is 0 Å². The molecular weight excluding hydrogens is 256 g/mol. The van der Waals surface area contributed by atoms with Crippen LogP contribution in [-0.4, -0.2) is 36.6 Å². The lowest BCUT2D eigenvalue weighted by atomic mass is 9.87. The van der Waals surface area contributed by atoms with Crippen LogP contribution < -0.4 is 5.32 Å². The molecule has 2 unspecified atom stereocenters. The van der Waals surface area contributed by atoms with E-state index < -0.39 is 0 Å². The second-order valence-electron chi connectivity index (χ2n) is 8.08. The molecule has 0 saturated heterocycles. The predicted molar refractivity (Wildman–Crippen MR) is 92.7 cm³/mol. The van der Waals surface area contributed by atoms with Gasteiger partial charge in [0.15, 0.2) is 0 Å². The van der Waals surface area contributed by atoms with Gasteiger partial charge in [0.2, 0.25) is 0 Å². The monoisotopic (exact) mass is 294 g/mol. The molecule has 0 aliphatic heterocycles. The largest absolute Gasteiger partial charge is 0.313 e. The first-order chi connectivity index (χ1) is 10.1. The van der Waals surface area contributed by atoms with Crippen molar-refractivity contribution in [3.8, 4) is 0 Å². The lowest BCUT2D eigenvalue weighted by Crippen LogP contribution is -2.42. The van der Waals surface area contributed by atoms with Gasteiger partial charge in [0.1, 0.15) is 0 Å². The van der Waals surface area contributed by atoms with Crippen molar-refractivity contribution in [3.63, 3.8) is 0 Å². The molecule has 0 aromatic heterocycles. The topological polar surface area (TPSA) is 15.3 Å². The minimum Gasteiger partial charge on any atom is -0.313 e. The molecule has 0 radical (unpaired) electrons. The molecule has 2 fully saturated rings. The molecule has 0 aromatic rings. The Morgan fingerprint density at radius 1 is 1.00 bits per heavy atom. The highest BCUT2D eigenvalue weighted by atomic mass is 15.2. The quantitative estimate of drug-likeness (QED) is 0.711. The number of rotatable bonds is 8. The van der Waals surface area contributed by atoms with Crippen LogP contribution in [-0.2, 0) is 0 Å². The van der Waals surface area contributed by atoms with Crippen molar-refractivity contribution >= 4 is 0 Å². The first-order valence-corrected chi connectivity index (χ1v) is 9.62. The third-order valence-electron chi connectivity index (χ3n) is 5.60. The van der Waals surface area contributed by atoms with E-state index in [2.05, 4.69) is 31.0 Å². The van der Waals surface area contributed by atoms with Gasteiger partial charge in [-0.05, 0) is 50.5 Å². The van der Waals surface area contributed by atoms with E-state index in [-0.39, 0.29) is 0 Å². The smallest absolute Gasteiger partial charge is 0.0110 e. The lowest BCUT2D eigenvalue weighted by Gasteiger charge is -2.32. The van der Waals surface area contributed by atoms with E-state index in [9.17, 15) is 0 Å². The van der Waals surface area contributed by atoms with Crippen LogP contribution in [0.3, 0.4) is 0 Å². The maximum absolute atomic E-state index is 3.85. The molecule has 2 aliphatic carbocycles. The third kappa shape index (κ3) is 6.28. The second kappa shape index (κ2) is 9.15. The molecule has 2 heteroatoms. The van der Waals surface area contributed by atoms with Crippen molar-refractivity contribution in [3.05, 3.63) is 0 Å². The highest BCUT2D eigenvalue weighted by Gasteiger charge is 2.23. The van der Waals surface area contributed by atoms with Crippen LogP contribution in [0.15, 0.2) is 0 Å². The zero-order valence-electron chi connectivity index (χ0n) is 14.7. The van der Waals surface area contributed by atoms with Crippen molar-refractivity contribution in [2.24, 2.45) is 11.8 Å². The predicted octanol–water partition coefficient (Wildman–Crippen LogP) is 4.45. The zero-order valence-corrected chi connectivity index (χ0v) is 14.7. The van der Waals surface area contributed by atoms with E-state index in [4.69, 9.17) is 0 Å². The average molecular weight is 295 g/mol. The standard InChI is InChI=1S/C19H38N2/c1-16(2)11-13-21(19-9-4-5-10-19)14-12-20-18-8-6-7-17(3)15-18/h16-20H,4-15H2,1-3H3.